The van der Waals surface area contributed by atoms with E-state index in [1.165, 1.54) is 22.6 Å². The average Bonchev–Trinajstić information content (AvgIpc) is 2.89. The second-order valence-electron chi connectivity index (χ2n) is 9.24. The van der Waals surface area contributed by atoms with Gasteiger partial charge in [-0.1, -0.05) is 6.07 Å². The molecule has 1 aromatic heterocycles. The molecule has 15 heteroatoms. The van der Waals surface area contributed by atoms with Crippen LogP contribution in [0.15, 0.2) is 27.9 Å². The molecule has 2 aliphatic rings. The molecule has 0 spiro atoms. The van der Waals surface area contributed by atoms with Crippen molar-refractivity contribution in [1.29, 1.82) is 0 Å². The Balaban J connectivity index is 1.57. The number of halogens is 1. The maximum Gasteiger partial charge on any atom is 0.409 e. The van der Waals surface area contributed by atoms with Gasteiger partial charge in [0.05, 0.1) is 25.2 Å². The van der Waals surface area contributed by atoms with Crippen LogP contribution in [0.5, 0.6) is 5.75 Å². The van der Waals surface area contributed by atoms with Gasteiger partial charge in [-0.3, -0.25) is 14.2 Å². The molecule has 1 saturated heterocycles. The van der Waals surface area contributed by atoms with E-state index in [1.54, 1.807) is 13.8 Å². The second-order valence-corrected chi connectivity index (χ2v) is 11.2. The van der Waals surface area contributed by atoms with E-state index in [0.29, 0.717) is 0 Å². The van der Waals surface area contributed by atoms with Gasteiger partial charge < -0.3 is 24.8 Å². The molecule has 2 N–H and O–H groups in total. The number of methoxy groups -OCH3 is 1. The monoisotopic (exact) mass is 553 g/mol. The fourth-order valence-electron chi connectivity index (χ4n) is 4.38. The summed E-state index contributed by atoms with van der Waals surface area (Å²) in [6.07, 6.45) is -0.579. The first-order valence-corrected chi connectivity index (χ1v) is 13.2. The van der Waals surface area contributed by atoms with Gasteiger partial charge in [-0.15, -0.1) is 0 Å². The van der Waals surface area contributed by atoms with E-state index in [1.807, 2.05) is 0 Å². The molecular formula is C23H28FN5O8S. The molecule has 4 rings (SSSR count). The smallest absolute Gasteiger partial charge is 0.409 e. The van der Waals surface area contributed by atoms with Crippen molar-refractivity contribution >= 4 is 22.0 Å². The molecule has 206 valence electrons. The number of amides is 2. The van der Waals surface area contributed by atoms with Gasteiger partial charge in [0.25, 0.3) is 11.5 Å². The van der Waals surface area contributed by atoms with Gasteiger partial charge in [0.15, 0.2) is 5.69 Å². The maximum atomic E-state index is 14.1. The van der Waals surface area contributed by atoms with Gasteiger partial charge in [-0.05, 0) is 31.5 Å². The van der Waals surface area contributed by atoms with Crippen molar-refractivity contribution in [2.75, 3.05) is 39.9 Å². The lowest BCUT2D eigenvalue weighted by Gasteiger charge is -2.33. The van der Waals surface area contributed by atoms with Crippen LogP contribution in [-0.4, -0.2) is 84.2 Å². The summed E-state index contributed by atoms with van der Waals surface area (Å²) in [7, 11) is -2.97. The highest BCUT2D eigenvalue weighted by Gasteiger charge is 2.35. The Morgan fingerprint density at radius 1 is 1.21 bits per heavy atom. The zero-order chi connectivity index (χ0) is 27.8. The zero-order valence-electron chi connectivity index (χ0n) is 21.1. The first kappa shape index (κ1) is 27.5. The van der Waals surface area contributed by atoms with Gasteiger partial charge in [0, 0.05) is 32.7 Å². The average molecular weight is 554 g/mol. The molecule has 1 fully saturated rings. The Hall–Kier alpha value is -3.56. The van der Waals surface area contributed by atoms with E-state index in [-0.39, 0.29) is 62.2 Å². The van der Waals surface area contributed by atoms with Crippen molar-refractivity contribution in [2.24, 2.45) is 0 Å². The van der Waals surface area contributed by atoms with Gasteiger partial charge >= 0.3 is 6.09 Å². The number of hydrogen-bond donors (Lipinski definition) is 2. The van der Waals surface area contributed by atoms with E-state index in [0.717, 1.165) is 16.4 Å². The third-order valence-electron chi connectivity index (χ3n) is 6.43. The number of ether oxygens (including phenoxy) is 2. The largest absolute Gasteiger partial charge is 0.501 e. The number of piperazine rings is 1. The number of nitrogens with one attached hydrogen (secondary N) is 1. The van der Waals surface area contributed by atoms with Gasteiger partial charge in [0.1, 0.15) is 17.2 Å². The third-order valence-corrected chi connectivity index (χ3v) is 8.42. The van der Waals surface area contributed by atoms with Crippen molar-refractivity contribution in [1.82, 2.24) is 24.1 Å². The zero-order valence-corrected chi connectivity index (χ0v) is 21.9. The van der Waals surface area contributed by atoms with E-state index in [9.17, 15) is 32.3 Å². The highest BCUT2D eigenvalue weighted by molar-refractivity contribution is 7.89. The fourth-order valence-corrected chi connectivity index (χ4v) is 6.03. The van der Waals surface area contributed by atoms with Crippen molar-refractivity contribution in [3.63, 3.8) is 0 Å². The summed E-state index contributed by atoms with van der Waals surface area (Å²) in [6.45, 7) is 3.47. The summed E-state index contributed by atoms with van der Waals surface area (Å²) in [5.74, 6) is -2.41. The molecule has 3 heterocycles. The lowest BCUT2D eigenvalue weighted by atomic mass is 10.1. The van der Waals surface area contributed by atoms with E-state index >= 15 is 0 Å². The number of aromatic hydroxyl groups is 1. The van der Waals surface area contributed by atoms with E-state index in [2.05, 4.69) is 15.0 Å². The van der Waals surface area contributed by atoms with Gasteiger partial charge in [-0.2, -0.15) is 4.31 Å². The predicted molar refractivity (Wildman–Crippen MR) is 129 cm³/mol. The SMILES string of the molecule is COC(=O)N1CCN(S(=O)(=O)c2cc(F)ccc2CNC(=O)c2nc3n(c(=O)c2O)CCOC3(C)C)CC1. The molecule has 0 atom stereocenters. The molecule has 2 aromatic rings. The van der Waals surface area contributed by atoms with Crippen LogP contribution in [0.4, 0.5) is 9.18 Å². The topological polar surface area (TPSA) is 160 Å². The highest BCUT2D eigenvalue weighted by Crippen LogP contribution is 2.28. The number of benzene rings is 1. The van der Waals surface area contributed by atoms with E-state index < -0.39 is 50.4 Å². The number of rotatable bonds is 5. The minimum Gasteiger partial charge on any atom is -0.501 e. The van der Waals surface area contributed by atoms with Crippen molar-refractivity contribution < 1.29 is 37.0 Å². The summed E-state index contributed by atoms with van der Waals surface area (Å²) < 4.78 is 53.5. The summed E-state index contributed by atoms with van der Waals surface area (Å²) >= 11 is 0. The predicted octanol–water partition coefficient (Wildman–Crippen LogP) is 0.356. The number of aromatic nitrogens is 2. The van der Waals surface area contributed by atoms with Crippen LogP contribution >= 0.6 is 0 Å². The molecule has 0 unspecified atom stereocenters. The highest BCUT2D eigenvalue weighted by atomic mass is 32.2. The number of hydrogen-bond acceptors (Lipinski definition) is 9. The number of sulfonamides is 1. The van der Waals surface area contributed by atoms with E-state index in [4.69, 9.17) is 4.74 Å². The third kappa shape index (κ3) is 5.08. The first-order chi connectivity index (χ1) is 17.9. The van der Waals surface area contributed by atoms with Gasteiger partial charge in [-0.25, -0.2) is 22.6 Å². The summed E-state index contributed by atoms with van der Waals surface area (Å²) in [4.78, 5) is 42.5. The number of carbonyl (C=O) groups is 2. The van der Waals surface area contributed by atoms with Crippen LogP contribution < -0.4 is 10.9 Å². The van der Waals surface area contributed by atoms with Crippen molar-refractivity contribution in [3.8, 4) is 5.75 Å². The Labute approximate surface area is 217 Å². The Bertz CT molecular complexity index is 1430. The first-order valence-electron chi connectivity index (χ1n) is 11.7. The Morgan fingerprint density at radius 3 is 2.55 bits per heavy atom. The molecule has 1 aromatic carbocycles. The van der Waals surface area contributed by atoms with Gasteiger partial charge in [0.2, 0.25) is 15.8 Å². The summed E-state index contributed by atoms with van der Waals surface area (Å²) in [6, 6.07) is 3.13. The number of nitrogens with zero attached hydrogens (tertiary/aromatic N) is 4. The molecule has 13 nitrogen and oxygen atoms in total. The molecule has 0 radical (unpaired) electrons. The van der Waals surface area contributed by atoms with Crippen LogP contribution in [0.3, 0.4) is 0 Å². The Kier molecular flexibility index (Phi) is 7.45. The van der Waals surface area contributed by atoms with Crippen molar-refractivity contribution in [2.45, 2.75) is 37.4 Å². The van der Waals surface area contributed by atoms with Crippen LogP contribution in [0, 0.1) is 5.82 Å². The van der Waals surface area contributed by atoms with Crippen LogP contribution in [0.25, 0.3) is 0 Å². The minimum absolute atomic E-state index is 0.0333. The van der Waals surface area contributed by atoms with Crippen LogP contribution in [0.1, 0.15) is 35.7 Å². The quantitative estimate of drug-likeness (QED) is 0.533. The summed E-state index contributed by atoms with van der Waals surface area (Å²) in [5, 5.41) is 12.8. The molecule has 0 saturated carbocycles. The van der Waals surface area contributed by atoms with Crippen LogP contribution in [0.2, 0.25) is 0 Å². The lowest BCUT2D eigenvalue weighted by Crippen LogP contribution is -2.50. The number of carbonyl (C=O) groups excluding carboxylic acids is 2. The van der Waals surface area contributed by atoms with Crippen LogP contribution in [-0.2, 0) is 38.2 Å². The fraction of sp³-hybridized carbons (Fsp3) is 0.478. The lowest BCUT2D eigenvalue weighted by molar-refractivity contribution is -0.0566. The van der Waals surface area contributed by atoms with Crippen molar-refractivity contribution in [3.05, 3.63) is 51.5 Å². The number of fused-ring (bicyclic) bond motifs is 1. The normalized spacial score (nSPS) is 17.5. The molecule has 0 aliphatic carbocycles. The molecule has 38 heavy (non-hydrogen) atoms. The Morgan fingerprint density at radius 2 is 1.89 bits per heavy atom. The molecule has 2 aliphatic heterocycles. The summed E-state index contributed by atoms with van der Waals surface area (Å²) in [5.41, 5.74) is -2.25. The molecular weight excluding hydrogens is 525 g/mol. The molecule has 2 amide bonds. The standard InChI is InChI=1S/C23H28FN5O8S/c1-23(2)21-26-17(18(30)20(32)29(21)10-11-37-23)19(31)25-13-14-4-5-15(24)12-16(14)38(34,35)28-8-6-27(7-9-28)22(33)36-3/h4-5,12,30H,6-11,13H2,1-3H3,(H,25,31). The second kappa shape index (κ2) is 10.3. The molecule has 0 bridgehead atoms. The maximum absolute atomic E-state index is 14.1. The minimum atomic E-state index is -4.20.